The van der Waals surface area contributed by atoms with Crippen molar-refractivity contribution in [2.75, 3.05) is 6.54 Å². The zero-order valence-corrected chi connectivity index (χ0v) is 7.78. The highest BCUT2D eigenvalue weighted by Crippen LogP contribution is 1.70. The van der Waals surface area contributed by atoms with E-state index in [9.17, 15) is 0 Å². The summed E-state index contributed by atoms with van der Waals surface area (Å²) in [5, 5.41) is 0. The van der Waals surface area contributed by atoms with Gasteiger partial charge in [0.25, 0.3) is 0 Å². The molecule has 0 bridgehead atoms. The Morgan fingerprint density at radius 1 is 1.18 bits per heavy atom. The minimum Gasteiger partial charge on any atom is -0.370 e. The summed E-state index contributed by atoms with van der Waals surface area (Å²) >= 11 is 0. The normalized spacial score (nSPS) is 9.00. The molecule has 0 saturated carbocycles. The Balaban J connectivity index is -0.000000320. The Morgan fingerprint density at radius 3 is 1.91 bits per heavy atom. The van der Waals surface area contributed by atoms with Crippen LogP contribution in [0.2, 0.25) is 0 Å². The average Bonchev–Trinajstić information content (AvgIpc) is 1.63. The maximum absolute atomic E-state index is 5.19. The molecule has 0 aliphatic rings. The zero-order chi connectivity index (χ0) is 7.28. The molecule has 0 aromatic heterocycles. The van der Waals surface area contributed by atoms with E-state index < -0.39 is 0 Å². The molecule has 68 valence electrons. The van der Waals surface area contributed by atoms with Gasteiger partial charge < -0.3 is 17.2 Å². The van der Waals surface area contributed by atoms with Crippen molar-refractivity contribution in [1.29, 1.82) is 0 Å². The van der Waals surface area contributed by atoms with Gasteiger partial charge in [-0.25, -0.2) is 0 Å². The molecule has 0 heterocycles. The Kier molecular flexibility index (Phi) is 14.2. The van der Waals surface area contributed by atoms with E-state index in [1.54, 1.807) is 0 Å². The Hall–Kier alpha value is -0.680. The Bertz CT molecular complexity index is 139. The van der Waals surface area contributed by atoms with Gasteiger partial charge in [0.05, 0.1) is 0 Å². The molecule has 0 aromatic carbocycles. The highest BCUT2D eigenvalue weighted by Gasteiger charge is 1.83. The van der Waals surface area contributed by atoms with Gasteiger partial charge in [0, 0.05) is 6.54 Å². The highest BCUT2D eigenvalue weighted by molar-refractivity contribution is 5.92. The van der Waals surface area contributed by atoms with Gasteiger partial charge in [-0.05, 0) is 6.92 Å². The molecule has 0 fully saturated rings. The number of hydrogen-bond acceptors (Lipinski definition) is 1. The third kappa shape index (κ3) is 12.5. The van der Waals surface area contributed by atoms with Gasteiger partial charge in [0.15, 0.2) is 5.96 Å². The lowest BCUT2D eigenvalue weighted by atomic mass is 10.8. The predicted molar refractivity (Wildman–Crippen MR) is 52.5 cm³/mol. The molecular formula is C4H13Cl2N5. The van der Waals surface area contributed by atoms with E-state index in [1.807, 2.05) is 6.92 Å². The molecule has 0 aliphatic carbocycles. The van der Waals surface area contributed by atoms with E-state index in [2.05, 4.69) is 9.98 Å². The van der Waals surface area contributed by atoms with Gasteiger partial charge >= 0.3 is 0 Å². The third-order valence-electron chi connectivity index (χ3n) is 0.564. The second-order valence-electron chi connectivity index (χ2n) is 1.37. The first-order chi connectivity index (χ1) is 4.16. The first kappa shape index (κ1) is 16.7. The summed E-state index contributed by atoms with van der Waals surface area (Å²) in [6.45, 7) is 2.43. The maximum Gasteiger partial charge on any atom is 0.218 e. The molecule has 0 amide bonds. The summed E-state index contributed by atoms with van der Waals surface area (Å²) < 4.78 is 0. The molecule has 0 radical (unpaired) electrons. The van der Waals surface area contributed by atoms with Crippen LogP contribution in [0.4, 0.5) is 0 Å². The zero-order valence-electron chi connectivity index (χ0n) is 6.15. The number of nitrogens with zero attached hydrogens (tertiary/aromatic N) is 2. The lowest BCUT2D eigenvalue weighted by Gasteiger charge is -1.90. The quantitative estimate of drug-likeness (QED) is 0.392. The van der Waals surface area contributed by atoms with Crippen molar-refractivity contribution in [2.45, 2.75) is 6.92 Å². The van der Waals surface area contributed by atoms with Crippen molar-refractivity contribution >= 4 is 36.7 Å². The average molecular weight is 202 g/mol. The van der Waals surface area contributed by atoms with E-state index in [4.69, 9.17) is 17.2 Å². The van der Waals surface area contributed by atoms with Crippen LogP contribution >= 0.6 is 24.8 Å². The Morgan fingerprint density at radius 2 is 1.64 bits per heavy atom. The monoisotopic (exact) mass is 201 g/mol. The minimum absolute atomic E-state index is 0. The van der Waals surface area contributed by atoms with Crippen LogP contribution in [0.5, 0.6) is 0 Å². The molecule has 5 nitrogen and oxygen atoms in total. The number of aliphatic imine (C=N–C) groups is 2. The van der Waals surface area contributed by atoms with Gasteiger partial charge in [0.1, 0.15) is 0 Å². The summed E-state index contributed by atoms with van der Waals surface area (Å²) in [4.78, 5) is 7.18. The van der Waals surface area contributed by atoms with E-state index >= 15 is 0 Å². The van der Waals surface area contributed by atoms with Crippen LogP contribution in [0.3, 0.4) is 0 Å². The van der Waals surface area contributed by atoms with Crippen molar-refractivity contribution in [2.24, 2.45) is 27.2 Å². The molecule has 0 spiro atoms. The van der Waals surface area contributed by atoms with E-state index in [-0.39, 0.29) is 36.7 Å². The van der Waals surface area contributed by atoms with Gasteiger partial charge in [-0.2, -0.15) is 4.99 Å². The number of hydrogen-bond donors (Lipinski definition) is 3. The molecule has 0 aliphatic heterocycles. The minimum atomic E-state index is -0.0651. The molecular weight excluding hydrogens is 189 g/mol. The van der Waals surface area contributed by atoms with Crippen LogP contribution in [-0.4, -0.2) is 18.5 Å². The maximum atomic E-state index is 5.19. The van der Waals surface area contributed by atoms with Gasteiger partial charge in [-0.1, -0.05) is 0 Å². The van der Waals surface area contributed by atoms with Gasteiger partial charge in [-0.3, -0.25) is 4.99 Å². The summed E-state index contributed by atoms with van der Waals surface area (Å²) in [6.07, 6.45) is 0. The van der Waals surface area contributed by atoms with Gasteiger partial charge in [-0.15, -0.1) is 24.8 Å². The molecule has 11 heavy (non-hydrogen) atoms. The first-order valence-electron chi connectivity index (χ1n) is 2.56. The summed E-state index contributed by atoms with van der Waals surface area (Å²) in [5.41, 5.74) is 15.2. The van der Waals surface area contributed by atoms with Crippen molar-refractivity contribution < 1.29 is 0 Å². The summed E-state index contributed by atoms with van der Waals surface area (Å²) in [5.74, 6) is 0.0576. The molecule has 0 aromatic rings. The topological polar surface area (TPSA) is 103 Å². The standard InChI is InChI=1S/C4H11N5.2ClH/c1-2-8-4(7)9-3(5)6;;/h2H2,1H3,(H6,5,6,7,8,9);2*1H. The number of halogens is 2. The van der Waals surface area contributed by atoms with Crippen molar-refractivity contribution in [3.05, 3.63) is 0 Å². The lowest BCUT2D eigenvalue weighted by Crippen LogP contribution is -2.26. The molecule has 0 saturated heterocycles. The van der Waals surface area contributed by atoms with Crippen LogP contribution < -0.4 is 17.2 Å². The smallest absolute Gasteiger partial charge is 0.218 e. The second-order valence-corrected chi connectivity index (χ2v) is 1.37. The van der Waals surface area contributed by atoms with Crippen LogP contribution in [0.1, 0.15) is 6.92 Å². The fourth-order valence-electron chi connectivity index (χ4n) is 0.330. The molecule has 6 N–H and O–H groups in total. The third-order valence-corrected chi connectivity index (χ3v) is 0.564. The predicted octanol–water partition coefficient (Wildman–Crippen LogP) is -0.562. The number of nitrogens with two attached hydrogens (primary N) is 3. The van der Waals surface area contributed by atoms with E-state index in [0.717, 1.165) is 0 Å². The van der Waals surface area contributed by atoms with Crippen LogP contribution in [0, 0.1) is 0 Å². The molecule has 0 atom stereocenters. The number of rotatable bonds is 1. The second kappa shape index (κ2) is 9.32. The van der Waals surface area contributed by atoms with Crippen LogP contribution in [0.25, 0.3) is 0 Å². The number of guanidine groups is 2. The fraction of sp³-hybridized carbons (Fsp3) is 0.500. The van der Waals surface area contributed by atoms with E-state index in [1.165, 1.54) is 0 Å². The van der Waals surface area contributed by atoms with Gasteiger partial charge in [0.2, 0.25) is 5.96 Å². The SMILES string of the molecule is CCN=C(N)N=C(N)N.Cl.Cl. The van der Waals surface area contributed by atoms with Crippen molar-refractivity contribution in [3.63, 3.8) is 0 Å². The molecule has 0 unspecified atom stereocenters. The van der Waals surface area contributed by atoms with Crippen LogP contribution in [0.15, 0.2) is 9.98 Å². The first-order valence-corrected chi connectivity index (χ1v) is 2.56. The fourth-order valence-corrected chi connectivity index (χ4v) is 0.330. The summed E-state index contributed by atoms with van der Waals surface area (Å²) in [6, 6.07) is 0. The largest absolute Gasteiger partial charge is 0.370 e. The van der Waals surface area contributed by atoms with Crippen LogP contribution in [-0.2, 0) is 0 Å². The Labute approximate surface area is 78.0 Å². The molecule has 7 heteroatoms. The highest BCUT2D eigenvalue weighted by atomic mass is 35.5. The molecule has 0 rings (SSSR count). The summed E-state index contributed by atoms with van der Waals surface area (Å²) in [7, 11) is 0. The van der Waals surface area contributed by atoms with Crippen molar-refractivity contribution in [3.8, 4) is 0 Å². The van der Waals surface area contributed by atoms with E-state index in [0.29, 0.717) is 6.54 Å². The van der Waals surface area contributed by atoms with Crippen molar-refractivity contribution in [1.82, 2.24) is 0 Å². The lowest BCUT2D eigenvalue weighted by molar-refractivity contribution is 1.11.